The fourth-order valence-electron chi connectivity index (χ4n) is 2.04. The third kappa shape index (κ3) is 2.62. The second-order valence-corrected chi connectivity index (χ2v) is 4.28. The van der Waals surface area contributed by atoms with E-state index in [2.05, 4.69) is 6.07 Å². The minimum absolute atomic E-state index is 0.0361. The minimum Gasteiger partial charge on any atom is -0.258 e. The van der Waals surface area contributed by atoms with E-state index in [1.165, 1.54) is 6.07 Å². The van der Waals surface area contributed by atoms with Crippen LogP contribution in [0, 0.1) is 21.4 Å². The lowest BCUT2D eigenvalue weighted by Crippen LogP contribution is -2.05. The van der Waals surface area contributed by atoms with Crippen LogP contribution in [-0.4, -0.2) is 4.92 Å². The summed E-state index contributed by atoms with van der Waals surface area (Å²) in [4.78, 5) is 10.6. The molecule has 1 unspecified atom stereocenters. The number of hydrogen-bond donors (Lipinski definition) is 0. The molecule has 1 aromatic carbocycles. The Morgan fingerprint density at radius 2 is 2.12 bits per heavy atom. The van der Waals surface area contributed by atoms with Crippen molar-refractivity contribution in [3.8, 4) is 6.07 Å². The van der Waals surface area contributed by atoms with E-state index in [1.54, 1.807) is 6.07 Å². The van der Waals surface area contributed by atoms with E-state index >= 15 is 0 Å². The summed E-state index contributed by atoms with van der Waals surface area (Å²) < 4.78 is 0. The maximum Gasteiger partial charge on any atom is 0.273 e. The van der Waals surface area contributed by atoms with Crippen LogP contribution in [0.15, 0.2) is 18.2 Å². The summed E-state index contributed by atoms with van der Waals surface area (Å²) in [6.07, 6.45) is 0.664. The highest BCUT2D eigenvalue weighted by Gasteiger charge is 2.23. The minimum atomic E-state index is -0.372. The van der Waals surface area contributed by atoms with Crippen molar-refractivity contribution in [3.63, 3.8) is 0 Å². The summed E-state index contributed by atoms with van der Waals surface area (Å²) >= 11 is 0. The summed E-state index contributed by atoms with van der Waals surface area (Å²) in [7, 11) is 0. The van der Waals surface area contributed by atoms with Crippen molar-refractivity contribution in [2.24, 2.45) is 0 Å². The number of nitriles is 1. The molecule has 0 saturated heterocycles. The average molecular weight is 232 g/mol. The van der Waals surface area contributed by atoms with Crippen molar-refractivity contribution in [3.05, 3.63) is 39.4 Å². The van der Waals surface area contributed by atoms with Gasteiger partial charge in [0, 0.05) is 11.6 Å². The molecule has 0 amide bonds. The van der Waals surface area contributed by atoms with Gasteiger partial charge in [-0.1, -0.05) is 32.9 Å². The van der Waals surface area contributed by atoms with Crippen molar-refractivity contribution >= 4 is 5.69 Å². The smallest absolute Gasteiger partial charge is 0.258 e. The number of nitro benzene ring substituents is 1. The molecular formula is C13H16N2O2. The van der Waals surface area contributed by atoms with Crippen LogP contribution in [0.5, 0.6) is 0 Å². The first-order chi connectivity index (χ1) is 8.02. The largest absolute Gasteiger partial charge is 0.273 e. The summed E-state index contributed by atoms with van der Waals surface area (Å²) in [5.74, 6) is -0.235. The maximum absolute atomic E-state index is 11.0. The molecule has 4 nitrogen and oxygen atoms in total. The van der Waals surface area contributed by atoms with Gasteiger partial charge >= 0.3 is 0 Å². The Morgan fingerprint density at radius 1 is 1.47 bits per heavy atom. The second kappa shape index (κ2) is 5.44. The Labute approximate surface area is 101 Å². The van der Waals surface area contributed by atoms with Gasteiger partial charge in [-0.2, -0.15) is 5.26 Å². The summed E-state index contributed by atoms with van der Waals surface area (Å²) in [5.41, 5.74) is 1.59. The molecule has 0 heterocycles. The van der Waals surface area contributed by atoms with Crippen molar-refractivity contribution in [2.45, 2.75) is 39.0 Å². The Kier molecular flexibility index (Phi) is 4.22. The molecule has 0 spiro atoms. The SMILES string of the molecule is CCC(C#N)c1cccc([N+](=O)[O-])c1C(C)C. The number of benzene rings is 1. The van der Waals surface area contributed by atoms with Crippen molar-refractivity contribution in [2.75, 3.05) is 0 Å². The Hall–Kier alpha value is -1.89. The van der Waals surface area contributed by atoms with Gasteiger partial charge in [0.15, 0.2) is 0 Å². The van der Waals surface area contributed by atoms with Crippen LogP contribution in [0.4, 0.5) is 5.69 Å². The Bertz CT molecular complexity index is 461. The molecule has 0 bridgehead atoms. The molecule has 0 aliphatic rings. The topological polar surface area (TPSA) is 66.9 Å². The highest BCUT2D eigenvalue weighted by atomic mass is 16.6. The number of rotatable bonds is 4. The Morgan fingerprint density at radius 3 is 2.53 bits per heavy atom. The van der Waals surface area contributed by atoms with Gasteiger partial charge in [-0.25, -0.2) is 0 Å². The highest BCUT2D eigenvalue weighted by Crippen LogP contribution is 2.34. The van der Waals surface area contributed by atoms with Gasteiger partial charge in [0.25, 0.3) is 5.69 Å². The molecule has 17 heavy (non-hydrogen) atoms. The first-order valence-corrected chi connectivity index (χ1v) is 5.69. The zero-order valence-corrected chi connectivity index (χ0v) is 10.3. The molecular weight excluding hydrogens is 216 g/mol. The first kappa shape index (κ1) is 13.2. The summed E-state index contributed by atoms with van der Waals surface area (Å²) in [5, 5.41) is 20.1. The van der Waals surface area contributed by atoms with E-state index in [9.17, 15) is 10.1 Å². The van der Waals surface area contributed by atoms with Crippen molar-refractivity contribution in [1.29, 1.82) is 5.26 Å². The van der Waals surface area contributed by atoms with E-state index in [4.69, 9.17) is 5.26 Å². The van der Waals surface area contributed by atoms with Crippen molar-refractivity contribution < 1.29 is 4.92 Å². The molecule has 0 saturated carbocycles. The van der Waals surface area contributed by atoms with E-state index in [0.717, 1.165) is 5.56 Å². The predicted molar refractivity (Wildman–Crippen MR) is 65.8 cm³/mol. The van der Waals surface area contributed by atoms with Crippen LogP contribution in [0.25, 0.3) is 0 Å². The molecule has 0 radical (unpaired) electrons. The first-order valence-electron chi connectivity index (χ1n) is 5.69. The molecule has 1 aromatic rings. The fourth-order valence-corrected chi connectivity index (χ4v) is 2.04. The number of nitro groups is 1. The zero-order chi connectivity index (χ0) is 13.0. The molecule has 0 fully saturated rings. The van der Waals surface area contributed by atoms with E-state index in [-0.39, 0.29) is 22.4 Å². The normalized spacial score (nSPS) is 12.2. The Balaban J connectivity index is 3.46. The highest BCUT2D eigenvalue weighted by molar-refractivity contribution is 5.50. The second-order valence-electron chi connectivity index (χ2n) is 4.28. The molecule has 4 heteroatoms. The molecule has 0 N–H and O–H groups in total. The van der Waals surface area contributed by atoms with Crippen LogP contribution in [0.2, 0.25) is 0 Å². The zero-order valence-electron chi connectivity index (χ0n) is 10.3. The van der Waals surface area contributed by atoms with E-state index in [0.29, 0.717) is 12.0 Å². The van der Waals surface area contributed by atoms with Gasteiger partial charge in [0.2, 0.25) is 0 Å². The lowest BCUT2D eigenvalue weighted by Gasteiger charge is -2.15. The molecule has 0 aliphatic carbocycles. The van der Waals surface area contributed by atoms with Gasteiger partial charge in [-0.15, -0.1) is 0 Å². The fraction of sp³-hybridized carbons (Fsp3) is 0.462. The third-order valence-corrected chi connectivity index (χ3v) is 2.83. The molecule has 1 atom stereocenters. The maximum atomic E-state index is 11.0. The summed E-state index contributed by atoms with van der Waals surface area (Å²) in [6, 6.07) is 7.18. The molecule has 0 aromatic heterocycles. The lowest BCUT2D eigenvalue weighted by atomic mass is 9.87. The predicted octanol–water partition coefficient (Wildman–Crippen LogP) is 3.74. The number of hydrogen-bond acceptors (Lipinski definition) is 3. The standard InChI is InChI=1S/C13H16N2O2/c1-4-10(8-14)11-6-5-7-12(15(16)17)13(11)9(2)3/h5-7,9-10H,4H2,1-3H3. The molecule has 0 aliphatic heterocycles. The van der Waals surface area contributed by atoms with Gasteiger partial charge in [0.05, 0.1) is 16.9 Å². The van der Waals surface area contributed by atoms with Crippen LogP contribution in [0.3, 0.4) is 0 Å². The van der Waals surface area contributed by atoms with Crippen LogP contribution in [0.1, 0.15) is 50.2 Å². The van der Waals surface area contributed by atoms with Gasteiger partial charge in [-0.05, 0) is 17.9 Å². The van der Waals surface area contributed by atoms with Crippen molar-refractivity contribution in [1.82, 2.24) is 0 Å². The molecule has 90 valence electrons. The third-order valence-electron chi connectivity index (χ3n) is 2.83. The molecule has 1 rings (SSSR count). The average Bonchev–Trinajstić information content (AvgIpc) is 2.30. The van der Waals surface area contributed by atoms with E-state index in [1.807, 2.05) is 26.8 Å². The quantitative estimate of drug-likeness (QED) is 0.586. The summed E-state index contributed by atoms with van der Waals surface area (Å²) in [6.45, 7) is 5.74. The van der Waals surface area contributed by atoms with Gasteiger partial charge in [-0.3, -0.25) is 10.1 Å². The van der Waals surface area contributed by atoms with E-state index < -0.39 is 0 Å². The van der Waals surface area contributed by atoms with Crippen LogP contribution in [-0.2, 0) is 0 Å². The van der Waals surface area contributed by atoms with Crippen LogP contribution >= 0.6 is 0 Å². The lowest BCUT2D eigenvalue weighted by molar-refractivity contribution is -0.385. The van der Waals surface area contributed by atoms with Crippen LogP contribution < -0.4 is 0 Å². The van der Waals surface area contributed by atoms with Gasteiger partial charge in [0.1, 0.15) is 0 Å². The van der Waals surface area contributed by atoms with Gasteiger partial charge < -0.3 is 0 Å². The monoisotopic (exact) mass is 232 g/mol. The number of nitrogens with zero attached hydrogens (tertiary/aromatic N) is 2.